The highest BCUT2D eigenvalue weighted by Gasteiger charge is 2.20. The zero-order valence-corrected chi connectivity index (χ0v) is 19.0. The van der Waals surface area contributed by atoms with E-state index in [1.165, 1.54) is 0 Å². The summed E-state index contributed by atoms with van der Waals surface area (Å²) in [6, 6.07) is 30.8. The molecule has 168 valence electrons. The first-order valence-electron chi connectivity index (χ1n) is 11.1. The van der Waals surface area contributed by atoms with Crippen LogP contribution in [-0.2, 0) is 0 Å². The Labute approximate surface area is 197 Å². The summed E-state index contributed by atoms with van der Waals surface area (Å²) in [5.74, 6) is 0.453. The van der Waals surface area contributed by atoms with E-state index in [1.54, 1.807) is 17.7 Å². The molecule has 6 nitrogen and oxygen atoms in total. The molecule has 2 heterocycles. The van der Waals surface area contributed by atoms with Crippen molar-refractivity contribution in [3.8, 4) is 28.3 Å². The minimum Gasteiger partial charge on any atom is -0.496 e. The number of carbonyl (C=O) groups excluding carboxylic acids is 1. The smallest absolute Gasteiger partial charge is 0.270 e. The molecule has 0 bridgehead atoms. The third-order valence-electron chi connectivity index (χ3n) is 5.76. The first kappa shape index (κ1) is 21.4. The van der Waals surface area contributed by atoms with Crippen LogP contribution in [0.15, 0.2) is 97.1 Å². The molecule has 2 aromatic heterocycles. The zero-order valence-electron chi connectivity index (χ0n) is 19.0. The topological polar surface area (TPSA) is 68.5 Å². The van der Waals surface area contributed by atoms with E-state index in [0.717, 1.165) is 22.4 Å². The van der Waals surface area contributed by atoms with E-state index < -0.39 is 0 Å². The van der Waals surface area contributed by atoms with Gasteiger partial charge in [0.05, 0.1) is 24.5 Å². The summed E-state index contributed by atoms with van der Waals surface area (Å²) in [7, 11) is 1.62. The number of benzene rings is 3. The number of rotatable bonds is 6. The van der Waals surface area contributed by atoms with Gasteiger partial charge in [-0.3, -0.25) is 4.79 Å². The molecule has 0 spiro atoms. The number of nitrogens with zero attached hydrogens (tertiary/aromatic N) is 3. The van der Waals surface area contributed by atoms with Gasteiger partial charge in [-0.2, -0.15) is 5.10 Å². The summed E-state index contributed by atoms with van der Waals surface area (Å²) in [5, 5.41) is 7.83. The van der Waals surface area contributed by atoms with Crippen molar-refractivity contribution in [2.24, 2.45) is 0 Å². The Bertz CT molecular complexity index is 1450. The zero-order chi connectivity index (χ0) is 23.5. The van der Waals surface area contributed by atoms with Gasteiger partial charge in [0.1, 0.15) is 11.4 Å². The van der Waals surface area contributed by atoms with E-state index >= 15 is 0 Å². The van der Waals surface area contributed by atoms with Crippen molar-refractivity contribution in [3.05, 3.63) is 108 Å². The molecule has 0 aliphatic heterocycles. The van der Waals surface area contributed by atoms with Gasteiger partial charge in [0.25, 0.3) is 5.91 Å². The third-order valence-corrected chi connectivity index (χ3v) is 5.76. The van der Waals surface area contributed by atoms with Crippen LogP contribution in [0, 0.1) is 0 Å². The molecule has 0 radical (unpaired) electrons. The van der Waals surface area contributed by atoms with Crippen molar-refractivity contribution in [3.63, 3.8) is 0 Å². The van der Waals surface area contributed by atoms with Crippen LogP contribution < -0.4 is 10.1 Å². The number of fused-ring (bicyclic) bond motifs is 1. The van der Waals surface area contributed by atoms with Crippen LogP contribution >= 0.6 is 0 Å². The van der Waals surface area contributed by atoms with Gasteiger partial charge in [0.15, 0.2) is 5.65 Å². The number of hydrogen-bond acceptors (Lipinski definition) is 4. The van der Waals surface area contributed by atoms with E-state index in [4.69, 9.17) is 14.8 Å². The van der Waals surface area contributed by atoms with Gasteiger partial charge < -0.3 is 10.1 Å². The highest BCUT2D eigenvalue weighted by molar-refractivity contribution is 5.95. The lowest BCUT2D eigenvalue weighted by Gasteiger charge is -2.15. The van der Waals surface area contributed by atoms with E-state index in [9.17, 15) is 4.79 Å². The van der Waals surface area contributed by atoms with Crippen molar-refractivity contribution < 1.29 is 9.53 Å². The Morgan fingerprint density at radius 3 is 2.29 bits per heavy atom. The maximum atomic E-state index is 13.5. The molecule has 34 heavy (non-hydrogen) atoms. The van der Waals surface area contributed by atoms with Crippen molar-refractivity contribution in [1.29, 1.82) is 0 Å². The molecule has 6 heteroatoms. The summed E-state index contributed by atoms with van der Waals surface area (Å²) >= 11 is 0. The molecule has 1 unspecified atom stereocenters. The lowest BCUT2D eigenvalue weighted by Crippen LogP contribution is -2.28. The normalized spacial score (nSPS) is 11.8. The fourth-order valence-corrected chi connectivity index (χ4v) is 3.98. The van der Waals surface area contributed by atoms with Gasteiger partial charge in [-0.05, 0) is 30.7 Å². The van der Waals surface area contributed by atoms with Crippen LogP contribution in [0.25, 0.3) is 28.2 Å². The van der Waals surface area contributed by atoms with Crippen LogP contribution in [0.4, 0.5) is 0 Å². The Balaban J connectivity index is 1.63. The predicted molar refractivity (Wildman–Crippen MR) is 133 cm³/mol. The second-order valence-electron chi connectivity index (χ2n) is 8.00. The van der Waals surface area contributed by atoms with E-state index in [2.05, 4.69) is 5.32 Å². The van der Waals surface area contributed by atoms with Gasteiger partial charge in [0, 0.05) is 17.2 Å². The lowest BCUT2D eigenvalue weighted by atomic mass is 10.1. The quantitative estimate of drug-likeness (QED) is 0.369. The fourth-order valence-electron chi connectivity index (χ4n) is 3.98. The number of hydrogen-bond donors (Lipinski definition) is 1. The van der Waals surface area contributed by atoms with E-state index in [-0.39, 0.29) is 11.9 Å². The maximum absolute atomic E-state index is 13.5. The second-order valence-corrected chi connectivity index (χ2v) is 8.00. The fraction of sp³-hybridized carbons (Fsp3) is 0.107. The van der Waals surface area contributed by atoms with Crippen LogP contribution in [0.1, 0.15) is 29.0 Å². The summed E-state index contributed by atoms with van der Waals surface area (Å²) in [4.78, 5) is 18.3. The standard InChI is InChI=1S/C28H24N4O2/c1-19(20-11-5-3-6-12-20)29-28(33)25-17-24(22-15-9-10-16-26(22)34-2)30-27-18-23(31-32(25)27)21-13-7-4-8-14-21/h3-19H,1-2H3,(H,29,33). The SMILES string of the molecule is COc1ccccc1-c1cc(C(=O)NC(C)c2ccccc2)n2nc(-c3ccccc3)cc2n1. The Morgan fingerprint density at radius 1 is 0.882 bits per heavy atom. The molecule has 5 aromatic rings. The minimum absolute atomic E-state index is 0.171. The Hall–Kier alpha value is -4.45. The Kier molecular flexibility index (Phi) is 5.79. The molecule has 0 fully saturated rings. The van der Waals surface area contributed by atoms with Crippen LogP contribution in [-0.4, -0.2) is 27.6 Å². The number of carbonyl (C=O) groups is 1. The number of aromatic nitrogens is 3. The van der Waals surface area contributed by atoms with Gasteiger partial charge in [-0.1, -0.05) is 72.8 Å². The predicted octanol–water partition coefficient (Wildman–Crippen LogP) is 5.56. The second kappa shape index (κ2) is 9.19. The number of methoxy groups -OCH3 is 1. The number of nitrogens with one attached hydrogen (secondary N) is 1. The summed E-state index contributed by atoms with van der Waals surface area (Å²) in [6.07, 6.45) is 0. The molecule has 0 saturated heterocycles. The molecule has 3 aromatic carbocycles. The molecule has 5 rings (SSSR count). The van der Waals surface area contributed by atoms with Crippen LogP contribution in [0.3, 0.4) is 0 Å². The average molecular weight is 449 g/mol. The van der Waals surface area contributed by atoms with Gasteiger partial charge >= 0.3 is 0 Å². The highest BCUT2D eigenvalue weighted by Crippen LogP contribution is 2.30. The summed E-state index contributed by atoms with van der Waals surface area (Å²) in [5.41, 5.74) is 5.15. The molecule has 0 aliphatic rings. The third kappa shape index (κ3) is 4.13. The maximum Gasteiger partial charge on any atom is 0.270 e. The first-order chi connectivity index (χ1) is 16.6. The number of amides is 1. The molecule has 1 N–H and O–H groups in total. The molecule has 1 atom stereocenters. The molecule has 1 amide bonds. The number of ether oxygens (including phenoxy) is 1. The van der Waals surface area contributed by atoms with Crippen LogP contribution in [0.5, 0.6) is 5.75 Å². The largest absolute Gasteiger partial charge is 0.496 e. The molecular formula is C28H24N4O2. The molecule has 0 aliphatic carbocycles. The van der Waals surface area contributed by atoms with Crippen molar-refractivity contribution >= 4 is 11.6 Å². The summed E-state index contributed by atoms with van der Waals surface area (Å²) in [6.45, 7) is 1.96. The lowest BCUT2D eigenvalue weighted by molar-refractivity contribution is 0.0932. The summed E-state index contributed by atoms with van der Waals surface area (Å²) < 4.78 is 7.15. The van der Waals surface area contributed by atoms with Gasteiger partial charge in [0.2, 0.25) is 0 Å². The minimum atomic E-state index is -0.234. The number of para-hydroxylation sites is 1. The molecular weight excluding hydrogens is 424 g/mol. The average Bonchev–Trinajstić information content (AvgIpc) is 3.33. The van der Waals surface area contributed by atoms with E-state index in [0.29, 0.717) is 22.8 Å². The van der Waals surface area contributed by atoms with Gasteiger partial charge in [-0.15, -0.1) is 0 Å². The van der Waals surface area contributed by atoms with Crippen LogP contribution in [0.2, 0.25) is 0 Å². The van der Waals surface area contributed by atoms with Crippen molar-refractivity contribution in [2.75, 3.05) is 7.11 Å². The first-order valence-corrected chi connectivity index (χ1v) is 11.1. The van der Waals surface area contributed by atoms with Gasteiger partial charge in [-0.25, -0.2) is 9.50 Å². The van der Waals surface area contributed by atoms with Crippen molar-refractivity contribution in [2.45, 2.75) is 13.0 Å². The monoisotopic (exact) mass is 448 g/mol. The Morgan fingerprint density at radius 2 is 1.56 bits per heavy atom. The highest BCUT2D eigenvalue weighted by atomic mass is 16.5. The van der Waals surface area contributed by atoms with Crippen molar-refractivity contribution in [1.82, 2.24) is 19.9 Å². The van der Waals surface area contributed by atoms with E-state index in [1.807, 2.05) is 97.9 Å². The molecule has 0 saturated carbocycles.